The lowest BCUT2D eigenvalue weighted by Gasteiger charge is -2.08. The number of para-hydroxylation sites is 1. The fourth-order valence-electron chi connectivity index (χ4n) is 1.93. The smallest absolute Gasteiger partial charge is 0.285 e. The lowest BCUT2D eigenvalue weighted by Crippen LogP contribution is -2.14. The molecule has 0 aliphatic heterocycles. The average molecular weight is 368 g/mol. The molecule has 0 unspecified atom stereocenters. The number of fused-ring (bicyclic) bond motifs is 1. The molecule has 3 aromatic rings. The SMILES string of the molecule is COc1cc(S(=O)(=O)n2nnc3ccccc32)ccc1Br. The number of benzene rings is 2. The molecule has 0 fully saturated rings. The fourth-order valence-corrected chi connectivity index (χ4v) is 3.58. The van der Waals surface area contributed by atoms with Crippen molar-refractivity contribution in [3.05, 3.63) is 46.9 Å². The normalized spacial score (nSPS) is 11.7. The lowest BCUT2D eigenvalue weighted by atomic mass is 10.3. The minimum Gasteiger partial charge on any atom is -0.496 e. The summed E-state index contributed by atoms with van der Waals surface area (Å²) in [5, 5.41) is 7.61. The van der Waals surface area contributed by atoms with Gasteiger partial charge in [-0.2, -0.15) is 8.42 Å². The maximum absolute atomic E-state index is 12.7. The number of ether oxygens (including phenoxy) is 1. The molecular weight excluding hydrogens is 358 g/mol. The van der Waals surface area contributed by atoms with Crippen molar-refractivity contribution in [3.8, 4) is 5.75 Å². The van der Waals surface area contributed by atoms with E-state index in [4.69, 9.17) is 4.74 Å². The van der Waals surface area contributed by atoms with Crippen molar-refractivity contribution >= 4 is 37.0 Å². The Bertz CT molecular complexity index is 921. The van der Waals surface area contributed by atoms with Gasteiger partial charge in [-0.25, -0.2) is 0 Å². The molecule has 1 aromatic heterocycles. The van der Waals surface area contributed by atoms with Crippen molar-refractivity contribution in [1.82, 2.24) is 14.4 Å². The summed E-state index contributed by atoms with van der Waals surface area (Å²) in [6, 6.07) is 11.4. The highest BCUT2D eigenvalue weighted by atomic mass is 79.9. The van der Waals surface area contributed by atoms with E-state index in [0.717, 1.165) is 4.09 Å². The molecule has 3 rings (SSSR count). The zero-order chi connectivity index (χ0) is 15.0. The molecule has 1 heterocycles. The number of rotatable bonds is 3. The second-order valence-corrected chi connectivity index (χ2v) is 6.84. The van der Waals surface area contributed by atoms with Gasteiger partial charge in [0.2, 0.25) is 0 Å². The Balaban J connectivity index is 2.21. The van der Waals surface area contributed by atoms with Crippen molar-refractivity contribution < 1.29 is 13.2 Å². The summed E-state index contributed by atoms with van der Waals surface area (Å²) in [6.45, 7) is 0. The summed E-state index contributed by atoms with van der Waals surface area (Å²) in [7, 11) is -2.36. The highest BCUT2D eigenvalue weighted by Gasteiger charge is 2.22. The molecular formula is C13H10BrN3O3S. The monoisotopic (exact) mass is 367 g/mol. The minimum absolute atomic E-state index is 0.0817. The van der Waals surface area contributed by atoms with Crippen LogP contribution in [-0.4, -0.2) is 29.9 Å². The predicted octanol–water partition coefficient (Wildman–Crippen LogP) is 2.44. The molecule has 0 aliphatic carbocycles. The van der Waals surface area contributed by atoms with Gasteiger partial charge in [0.25, 0.3) is 10.0 Å². The molecule has 2 aromatic carbocycles. The molecule has 0 saturated carbocycles. The van der Waals surface area contributed by atoms with Gasteiger partial charge in [-0.15, -0.1) is 9.19 Å². The summed E-state index contributed by atoms with van der Waals surface area (Å²) >= 11 is 3.29. The van der Waals surface area contributed by atoms with Crippen molar-refractivity contribution in [1.29, 1.82) is 0 Å². The zero-order valence-corrected chi connectivity index (χ0v) is 13.3. The molecule has 108 valence electrons. The van der Waals surface area contributed by atoms with Crippen LogP contribution in [0.4, 0.5) is 0 Å². The van der Waals surface area contributed by atoms with Crippen LogP contribution in [0.5, 0.6) is 5.75 Å². The van der Waals surface area contributed by atoms with E-state index in [2.05, 4.69) is 26.2 Å². The molecule has 6 nitrogen and oxygen atoms in total. The Morgan fingerprint density at radius 1 is 1.19 bits per heavy atom. The van der Waals surface area contributed by atoms with E-state index >= 15 is 0 Å². The molecule has 0 aliphatic rings. The number of methoxy groups -OCH3 is 1. The van der Waals surface area contributed by atoms with Crippen LogP contribution in [0.1, 0.15) is 0 Å². The fraction of sp³-hybridized carbons (Fsp3) is 0.0769. The molecule has 0 N–H and O–H groups in total. The Morgan fingerprint density at radius 3 is 2.71 bits per heavy atom. The van der Waals surface area contributed by atoms with E-state index in [-0.39, 0.29) is 4.90 Å². The first-order chi connectivity index (χ1) is 10.0. The summed E-state index contributed by atoms with van der Waals surface area (Å²) in [5.74, 6) is 0.431. The van der Waals surface area contributed by atoms with E-state index in [9.17, 15) is 8.42 Å². The first-order valence-corrected chi connectivity index (χ1v) is 8.17. The Kier molecular flexibility index (Phi) is 3.42. The Morgan fingerprint density at radius 2 is 1.95 bits per heavy atom. The van der Waals surface area contributed by atoms with E-state index in [1.807, 2.05) is 0 Å². The van der Waals surface area contributed by atoms with E-state index < -0.39 is 10.0 Å². The number of halogens is 1. The molecule has 21 heavy (non-hydrogen) atoms. The number of hydrogen-bond acceptors (Lipinski definition) is 5. The van der Waals surface area contributed by atoms with Crippen LogP contribution < -0.4 is 4.74 Å². The summed E-state index contributed by atoms with van der Waals surface area (Å²) in [4.78, 5) is 0.0817. The van der Waals surface area contributed by atoms with Gasteiger partial charge in [0.05, 0.1) is 16.5 Å². The molecule has 0 amide bonds. The maximum Gasteiger partial charge on any atom is 0.285 e. The third-order valence-corrected chi connectivity index (χ3v) is 5.20. The van der Waals surface area contributed by atoms with Gasteiger partial charge in [0, 0.05) is 6.07 Å². The predicted molar refractivity (Wildman–Crippen MR) is 80.8 cm³/mol. The van der Waals surface area contributed by atoms with Crippen LogP contribution in [0.15, 0.2) is 51.8 Å². The summed E-state index contributed by atoms with van der Waals surface area (Å²) in [6.07, 6.45) is 0. The standard InChI is InChI=1S/C13H10BrN3O3S/c1-20-13-8-9(6-7-10(13)14)21(18,19)17-12-5-3-2-4-11(12)15-16-17/h2-8H,1H3. The molecule has 0 bridgehead atoms. The van der Waals surface area contributed by atoms with Gasteiger partial charge in [0.15, 0.2) is 0 Å². The molecule has 0 saturated heterocycles. The second kappa shape index (κ2) is 5.12. The van der Waals surface area contributed by atoms with E-state index in [0.29, 0.717) is 21.3 Å². The van der Waals surface area contributed by atoms with Gasteiger partial charge < -0.3 is 4.74 Å². The highest BCUT2D eigenvalue weighted by molar-refractivity contribution is 9.10. The highest BCUT2D eigenvalue weighted by Crippen LogP contribution is 2.29. The Labute approximate surface area is 129 Å². The minimum atomic E-state index is -3.83. The summed E-state index contributed by atoms with van der Waals surface area (Å²) < 4.78 is 32.1. The van der Waals surface area contributed by atoms with Crippen molar-refractivity contribution in [2.45, 2.75) is 4.90 Å². The van der Waals surface area contributed by atoms with Gasteiger partial charge in [0.1, 0.15) is 16.8 Å². The maximum atomic E-state index is 12.7. The van der Waals surface area contributed by atoms with Gasteiger partial charge in [-0.3, -0.25) is 0 Å². The molecule has 8 heteroatoms. The van der Waals surface area contributed by atoms with Crippen LogP contribution in [0, 0.1) is 0 Å². The average Bonchev–Trinajstić information content (AvgIpc) is 2.92. The first-order valence-electron chi connectivity index (χ1n) is 5.93. The van der Waals surface area contributed by atoms with Gasteiger partial charge >= 0.3 is 0 Å². The Hall–Kier alpha value is -1.93. The van der Waals surface area contributed by atoms with Crippen LogP contribution in [-0.2, 0) is 10.0 Å². The number of hydrogen-bond donors (Lipinski definition) is 0. The van der Waals surface area contributed by atoms with Crippen LogP contribution in [0.25, 0.3) is 11.0 Å². The van der Waals surface area contributed by atoms with Crippen molar-refractivity contribution in [2.24, 2.45) is 0 Å². The second-order valence-electron chi connectivity index (χ2n) is 4.22. The summed E-state index contributed by atoms with van der Waals surface area (Å²) in [5.41, 5.74) is 0.949. The third kappa shape index (κ3) is 2.30. The van der Waals surface area contributed by atoms with E-state index in [1.165, 1.54) is 19.2 Å². The third-order valence-electron chi connectivity index (χ3n) is 2.97. The van der Waals surface area contributed by atoms with Crippen LogP contribution in [0.3, 0.4) is 0 Å². The van der Waals surface area contributed by atoms with E-state index in [1.54, 1.807) is 30.3 Å². The quantitative estimate of drug-likeness (QED) is 0.710. The number of aromatic nitrogens is 3. The molecule has 0 atom stereocenters. The largest absolute Gasteiger partial charge is 0.496 e. The van der Waals surface area contributed by atoms with Crippen molar-refractivity contribution in [3.63, 3.8) is 0 Å². The molecule has 0 radical (unpaired) electrons. The number of nitrogens with zero attached hydrogens (tertiary/aromatic N) is 3. The van der Waals surface area contributed by atoms with Crippen LogP contribution >= 0.6 is 15.9 Å². The van der Waals surface area contributed by atoms with Gasteiger partial charge in [-0.05, 0) is 40.2 Å². The zero-order valence-electron chi connectivity index (χ0n) is 10.9. The van der Waals surface area contributed by atoms with Crippen molar-refractivity contribution in [2.75, 3.05) is 7.11 Å². The first kappa shape index (κ1) is 14.0. The topological polar surface area (TPSA) is 74.1 Å². The van der Waals surface area contributed by atoms with Crippen LogP contribution in [0.2, 0.25) is 0 Å². The lowest BCUT2D eigenvalue weighted by molar-refractivity contribution is 0.410. The van der Waals surface area contributed by atoms with Gasteiger partial charge in [-0.1, -0.05) is 17.3 Å². The molecule has 0 spiro atoms.